The van der Waals surface area contributed by atoms with Gasteiger partial charge in [0.25, 0.3) is 10.0 Å². The van der Waals surface area contributed by atoms with Gasteiger partial charge in [0.05, 0.1) is 11.0 Å². The number of piperidine rings is 1. The van der Waals surface area contributed by atoms with Gasteiger partial charge in [0.2, 0.25) is 0 Å². The number of sulfonamides is 1. The van der Waals surface area contributed by atoms with Crippen LogP contribution >= 0.6 is 12.2 Å². The summed E-state index contributed by atoms with van der Waals surface area (Å²) in [5.41, 5.74) is 5.69. The van der Waals surface area contributed by atoms with E-state index >= 15 is 0 Å². The van der Waals surface area contributed by atoms with Gasteiger partial charge in [0.15, 0.2) is 5.03 Å². The maximum atomic E-state index is 12.7. The first-order valence-electron chi connectivity index (χ1n) is 6.73. The van der Waals surface area contributed by atoms with Gasteiger partial charge in [-0.05, 0) is 26.7 Å². The third-order valence-corrected chi connectivity index (χ3v) is 5.70. The lowest BCUT2D eigenvalue weighted by Crippen LogP contribution is -2.49. The Morgan fingerprint density at radius 3 is 2.80 bits per heavy atom. The van der Waals surface area contributed by atoms with Gasteiger partial charge in [-0.2, -0.15) is 4.31 Å². The van der Waals surface area contributed by atoms with E-state index in [1.54, 1.807) is 13.1 Å². The SMILES string of the molecule is CCn1cc(S(=O)(=O)N2CCCCC2C(N)=S)nc1C. The molecule has 0 amide bonds. The zero-order chi connectivity index (χ0) is 14.9. The summed E-state index contributed by atoms with van der Waals surface area (Å²) in [7, 11) is -3.63. The zero-order valence-corrected chi connectivity index (χ0v) is 13.4. The fourth-order valence-electron chi connectivity index (χ4n) is 2.52. The lowest BCUT2D eigenvalue weighted by atomic mass is 10.1. The molecule has 1 aromatic heterocycles. The average molecular weight is 316 g/mol. The Morgan fingerprint density at radius 2 is 2.25 bits per heavy atom. The fraction of sp³-hybridized carbons (Fsp3) is 0.667. The number of hydrogen-bond acceptors (Lipinski definition) is 4. The number of thiocarbonyl (C=S) groups is 1. The largest absolute Gasteiger partial charge is 0.392 e. The van der Waals surface area contributed by atoms with Crippen LogP contribution in [0.4, 0.5) is 0 Å². The molecule has 1 aliphatic heterocycles. The summed E-state index contributed by atoms with van der Waals surface area (Å²) in [6.07, 6.45) is 4.03. The molecule has 2 N–H and O–H groups in total. The third-order valence-electron chi connectivity index (χ3n) is 3.65. The van der Waals surface area contributed by atoms with Gasteiger partial charge in [0.1, 0.15) is 5.82 Å². The summed E-state index contributed by atoms with van der Waals surface area (Å²) >= 11 is 5.01. The first kappa shape index (κ1) is 15.4. The molecule has 0 radical (unpaired) electrons. The lowest BCUT2D eigenvalue weighted by Gasteiger charge is -2.33. The number of nitrogens with zero attached hydrogens (tertiary/aromatic N) is 3. The van der Waals surface area contributed by atoms with Crippen LogP contribution in [0.25, 0.3) is 0 Å². The van der Waals surface area contributed by atoms with E-state index in [1.165, 1.54) is 4.31 Å². The van der Waals surface area contributed by atoms with Crippen LogP contribution in [-0.4, -0.2) is 39.8 Å². The van der Waals surface area contributed by atoms with E-state index in [1.807, 2.05) is 11.5 Å². The fourth-order valence-corrected chi connectivity index (χ4v) is 4.50. The summed E-state index contributed by atoms with van der Waals surface area (Å²) in [6, 6.07) is -0.393. The predicted molar refractivity (Wildman–Crippen MR) is 81.0 cm³/mol. The molecule has 2 rings (SSSR count). The van der Waals surface area contributed by atoms with E-state index in [-0.39, 0.29) is 10.0 Å². The van der Waals surface area contributed by atoms with Crippen LogP contribution in [0.3, 0.4) is 0 Å². The van der Waals surface area contributed by atoms with Crippen molar-refractivity contribution in [2.24, 2.45) is 5.73 Å². The van der Waals surface area contributed by atoms with Crippen LogP contribution in [0.1, 0.15) is 32.0 Å². The normalized spacial score (nSPS) is 21.0. The molecule has 0 bridgehead atoms. The number of aryl methyl sites for hydroxylation is 2. The first-order chi connectivity index (χ1) is 9.37. The summed E-state index contributed by atoms with van der Waals surface area (Å²) in [4.78, 5) is 4.41. The van der Waals surface area contributed by atoms with E-state index < -0.39 is 16.1 Å². The van der Waals surface area contributed by atoms with Crippen molar-refractivity contribution in [3.05, 3.63) is 12.0 Å². The molecule has 0 aromatic carbocycles. The molecule has 20 heavy (non-hydrogen) atoms. The Labute approximate surface area is 125 Å². The summed E-state index contributed by atoms with van der Waals surface area (Å²) in [5, 5.41) is 0.0833. The number of imidazole rings is 1. The Morgan fingerprint density at radius 1 is 1.55 bits per heavy atom. The van der Waals surface area contributed by atoms with Gasteiger partial charge in [0, 0.05) is 19.3 Å². The maximum absolute atomic E-state index is 12.7. The molecule has 2 heterocycles. The van der Waals surface area contributed by atoms with Crippen molar-refractivity contribution in [1.29, 1.82) is 0 Å². The molecule has 1 aromatic rings. The highest BCUT2D eigenvalue weighted by atomic mass is 32.2. The second-order valence-electron chi connectivity index (χ2n) is 4.94. The van der Waals surface area contributed by atoms with Crippen molar-refractivity contribution in [3.63, 3.8) is 0 Å². The molecule has 0 aliphatic carbocycles. The molecule has 0 spiro atoms. The van der Waals surface area contributed by atoms with Gasteiger partial charge < -0.3 is 10.3 Å². The van der Waals surface area contributed by atoms with E-state index in [2.05, 4.69) is 4.98 Å². The molecule has 6 nitrogen and oxygen atoms in total. The van der Waals surface area contributed by atoms with E-state index in [4.69, 9.17) is 18.0 Å². The molecule has 112 valence electrons. The maximum Gasteiger partial charge on any atom is 0.262 e. The number of rotatable bonds is 4. The highest BCUT2D eigenvalue weighted by Crippen LogP contribution is 2.25. The highest BCUT2D eigenvalue weighted by Gasteiger charge is 2.36. The minimum absolute atomic E-state index is 0.0833. The van der Waals surface area contributed by atoms with Crippen molar-refractivity contribution in [2.45, 2.75) is 50.7 Å². The van der Waals surface area contributed by atoms with Crippen LogP contribution in [-0.2, 0) is 16.6 Å². The smallest absolute Gasteiger partial charge is 0.262 e. The minimum atomic E-state index is -3.63. The topological polar surface area (TPSA) is 81.2 Å². The Balaban J connectivity index is 2.39. The van der Waals surface area contributed by atoms with E-state index in [0.29, 0.717) is 25.3 Å². The van der Waals surface area contributed by atoms with Gasteiger partial charge in [-0.3, -0.25) is 0 Å². The van der Waals surface area contributed by atoms with Gasteiger partial charge in [-0.25, -0.2) is 13.4 Å². The van der Waals surface area contributed by atoms with Crippen LogP contribution in [0.2, 0.25) is 0 Å². The summed E-state index contributed by atoms with van der Waals surface area (Å²) in [5.74, 6) is 0.690. The van der Waals surface area contributed by atoms with Crippen molar-refractivity contribution in [1.82, 2.24) is 13.9 Å². The lowest BCUT2D eigenvalue weighted by molar-refractivity contribution is 0.306. The minimum Gasteiger partial charge on any atom is -0.392 e. The third kappa shape index (κ3) is 2.72. The van der Waals surface area contributed by atoms with Gasteiger partial charge in [-0.15, -0.1) is 0 Å². The van der Waals surface area contributed by atoms with Crippen LogP contribution in [0, 0.1) is 6.92 Å². The average Bonchev–Trinajstić information content (AvgIpc) is 2.80. The standard InChI is InChI=1S/C12H20N4O2S2/c1-3-15-8-11(14-9(15)2)20(17,18)16-7-5-4-6-10(16)12(13)19/h8,10H,3-7H2,1-2H3,(H2,13,19). The van der Waals surface area contributed by atoms with Crippen LogP contribution in [0.15, 0.2) is 11.2 Å². The Hall–Kier alpha value is -0.990. The summed E-state index contributed by atoms with van der Waals surface area (Å²) < 4.78 is 28.7. The molecule has 8 heteroatoms. The Bertz CT molecular complexity index is 609. The van der Waals surface area contributed by atoms with Gasteiger partial charge in [-0.1, -0.05) is 18.6 Å². The molecular formula is C12H20N4O2S2. The van der Waals surface area contributed by atoms with Crippen molar-refractivity contribution in [2.75, 3.05) is 6.54 Å². The molecule has 0 saturated carbocycles. The second kappa shape index (κ2) is 5.79. The molecular weight excluding hydrogens is 296 g/mol. The van der Waals surface area contributed by atoms with E-state index in [0.717, 1.165) is 12.8 Å². The number of nitrogens with two attached hydrogens (primary N) is 1. The van der Waals surface area contributed by atoms with Crippen molar-refractivity contribution >= 4 is 27.2 Å². The zero-order valence-electron chi connectivity index (χ0n) is 11.7. The van der Waals surface area contributed by atoms with Gasteiger partial charge >= 0.3 is 0 Å². The highest BCUT2D eigenvalue weighted by molar-refractivity contribution is 7.89. The quantitative estimate of drug-likeness (QED) is 0.840. The summed E-state index contributed by atoms with van der Waals surface area (Å²) in [6.45, 7) is 4.88. The van der Waals surface area contributed by atoms with E-state index in [9.17, 15) is 8.42 Å². The second-order valence-corrected chi connectivity index (χ2v) is 7.25. The van der Waals surface area contributed by atoms with Crippen LogP contribution in [0.5, 0.6) is 0 Å². The number of aromatic nitrogens is 2. The molecule has 1 atom stereocenters. The monoisotopic (exact) mass is 316 g/mol. The first-order valence-corrected chi connectivity index (χ1v) is 8.57. The number of hydrogen-bond donors (Lipinski definition) is 1. The Kier molecular flexibility index (Phi) is 4.46. The van der Waals surface area contributed by atoms with Crippen molar-refractivity contribution < 1.29 is 8.42 Å². The van der Waals surface area contributed by atoms with Crippen LogP contribution < -0.4 is 5.73 Å². The molecule has 1 unspecified atom stereocenters. The van der Waals surface area contributed by atoms with Crippen molar-refractivity contribution in [3.8, 4) is 0 Å². The molecule has 1 aliphatic rings. The molecule has 1 saturated heterocycles. The predicted octanol–water partition coefficient (Wildman–Crippen LogP) is 1.04. The molecule has 1 fully saturated rings.